The van der Waals surface area contributed by atoms with E-state index >= 15 is 0 Å². The van der Waals surface area contributed by atoms with Crippen molar-refractivity contribution < 1.29 is 0 Å². The Morgan fingerprint density at radius 3 is 2.64 bits per heavy atom. The van der Waals surface area contributed by atoms with Gasteiger partial charge >= 0.3 is 0 Å². The number of hydrogen-bond donors (Lipinski definition) is 2. The molecule has 5 nitrogen and oxygen atoms in total. The van der Waals surface area contributed by atoms with E-state index in [1.54, 1.807) is 0 Å². The highest BCUT2D eigenvalue weighted by molar-refractivity contribution is 5.77. The Morgan fingerprint density at radius 2 is 1.91 bits per heavy atom. The average Bonchev–Trinajstić information content (AvgIpc) is 2.54. The summed E-state index contributed by atoms with van der Waals surface area (Å²) in [6.07, 6.45) is 0.922. The summed E-state index contributed by atoms with van der Waals surface area (Å²) < 4.78 is 0. The second-order valence-electron chi connectivity index (χ2n) is 5.25. The van der Waals surface area contributed by atoms with Gasteiger partial charge in [0.25, 0.3) is 0 Å². The third-order valence-electron chi connectivity index (χ3n) is 3.22. The van der Waals surface area contributed by atoms with Crippen molar-refractivity contribution in [1.82, 2.24) is 10.3 Å². The minimum absolute atomic E-state index is 0.452. The number of guanidine groups is 1. The fourth-order valence-electron chi connectivity index (χ4n) is 2.01. The van der Waals surface area contributed by atoms with Gasteiger partial charge in [-0.15, -0.1) is 0 Å². The van der Waals surface area contributed by atoms with Crippen LogP contribution in [0.15, 0.2) is 53.5 Å². The van der Waals surface area contributed by atoms with Crippen LogP contribution in [0.5, 0.6) is 0 Å². The number of nitrogens with one attached hydrogen (secondary N) is 1. The van der Waals surface area contributed by atoms with Crippen molar-refractivity contribution in [3.8, 4) is 0 Å². The quantitative estimate of drug-likeness (QED) is 0.630. The van der Waals surface area contributed by atoms with E-state index in [0.29, 0.717) is 12.5 Å². The zero-order valence-corrected chi connectivity index (χ0v) is 13.2. The molecule has 0 aliphatic carbocycles. The number of anilines is 1. The maximum atomic E-state index is 5.88. The number of aliphatic imine (C=N–C) groups is 1. The summed E-state index contributed by atoms with van der Waals surface area (Å²) in [6.45, 7) is 1.25. The number of hydrogen-bond acceptors (Lipinski definition) is 3. The molecule has 0 saturated heterocycles. The Morgan fingerprint density at radius 1 is 1.14 bits per heavy atom. The van der Waals surface area contributed by atoms with E-state index in [1.807, 2.05) is 55.4 Å². The molecular formula is C17H23N5. The molecule has 0 radical (unpaired) electrons. The molecule has 116 valence electrons. The maximum absolute atomic E-state index is 5.88. The van der Waals surface area contributed by atoms with Crippen molar-refractivity contribution in [3.63, 3.8) is 0 Å². The lowest BCUT2D eigenvalue weighted by atomic mass is 10.1. The van der Waals surface area contributed by atoms with Crippen LogP contribution in [0.1, 0.15) is 11.3 Å². The highest BCUT2D eigenvalue weighted by Gasteiger charge is 1.99. The molecule has 2 rings (SSSR count). The molecule has 1 heterocycles. The lowest BCUT2D eigenvalue weighted by Gasteiger charge is -2.11. The van der Waals surface area contributed by atoms with Crippen LogP contribution in [0.3, 0.4) is 0 Å². The number of pyridine rings is 1. The first kappa shape index (κ1) is 15.8. The minimum Gasteiger partial charge on any atom is -0.370 e. The van der Waals surface area contributed by atoms with Gasteiger partial charge in [-0.25, -0.2) is 9.98 Å². The topological polar surface area (TPSA) is 66.5 Å². The Balaban J connectivity index is 1.81. The summed E-state index contributed by atoms with van der Waals surface area (Å²) in [5.41, 5.74) is 8.07. The summed E-state index contributed by atoms with van der Waals surface area (Å²) in [6, 6.07) is 16.2. The third kappa shape index (κ3) is 5.09. The van der Waals surface area contributed by atoms with Gasteiger partial charge in [0.1, 0.15) is 5.82 Å². The van der Waals surface area contributed by atoms with Crippen LogP contribution < -0.4 is 16.0 Å². The summed E-state index contributed by atoms with van der Waals surface area (Å²) in [4.78, 5) is 10.8. The van der Waals surface area contributed by atoms with Crippen molar-refractivity contribution in [2.45, 2.75) is 13.0 Å². The molecule has 1 aromatic heterocycles. The van der Waals surface area contributed by atoms with Crippen LogP contribution in [0.2, 0.25) is 0 Å². The van der Waals surface area contributed by atoms with Gasteiger partial charge in [-0.2, -0.15) is 0 Å². The van der Waals surface area contributed by atoms with E-state index in [-0.39, 0.29) is 0 Å². The van der Waals surface area contributed by atoms with Crippen LogP contribution >= 0.6 is 0 Å². The maximum Gasteiger partial charge on any atom is 0.188 e. The van der Waals surface area contributed by atoms with E-state index in [4.69, 9.17) is 5.73 Å². The molecule has 0 amide bonds. The number of aromatic nitrogens is 1. The minimum atomic E-state index is 0.452. The summed E-state index contributed by atoms with van der Waals surface area (Å²) in [7, 11) is 3.93. The van der Waals surface area contributed by atoms with Gasteiger partial charge in [-0.1, -0.05) is 36.4 Å². The molecule has 1 aromatic carbocycles. The van der Waals surface area contributed by atoms with Crippen LogP contribution in [0, 0.1) is 0 Å². The van der Waals surface area contributed by atoms with Crippen molar-refractivity contribution in [2.75, 3.05) is 25.5 Å². The van der Waals surface area contributed by atoms with E-state index in [0.717, 1.165) is 24.5 Å². The van der Waals surface area contributed by atoms with Crippen LogP contribution in [0.25, 0.3) is 0 Å². The third-order valence-corrected chi connectivity index (χ3v) is 3.22. The van der Waals surface area contributed by atoms with Gasteiger partial charge < -0.3 is 16.0 Å². The molecule has 0 spiro atoms. The normalized spacial score (nSPS) is 11.3. The number of benzene rings is 1. The first-order chi connectivity index (χ1) is 10.6. The van der Waals surface area contributed by atoms with Gasteiger partial charge in [0.2, 0.25) is 0 Å². The Labute approximate surface area is 131 Å². The number of rotatable bonds is 6. The molecular weight excluding hydrogens is 274 g/mol. The standard InChI is InChI=1S/C17H23N5/c1-22(2)16-10-6-9-15(21-16)13-20-17(18)19-12-11-14-7-4-3-5-8-14/h3-10H,11-13H2,1-2H3,(H3,18,19,20). The van der Waals surface area contributed by atoms with E-state index in [1.165, 1.54) is 5.56 Å². The van der Waals surface area contributed by atoms with Gasteiger partial charge in [-0.05, 0) is 24.1 Å². The van der Waals surface area contributed by atoms with Gasteiger partial charge in [0.15, 0.2) is 5.96 Å². The molecule has 5 heteroatoms. The first-order valence-corrected chi connectivity index (χ1v) is 7.36. The predicted molar refractivity (Wildman–Crippen MR) is 92.0 cm³/mol. The fraction of sp³-hybridized carbons (Fsp3) is 0.294. The zero-order valence-electron chi connectivity index (χ0n) is 13.2. The average molecular weight is 297 g/mol. The largest absolute Gasteiger partial charge is 0.370 e. The smallest absolute Gasteiger partial charge is 0.188 e. The lowest BCUT2D eigenvalue weighted by Crippen LogP contribution is -2.33. The van der Waals surface area contributed by atoms with E-state index in [2.05, 4.69) is 27.4 Å². The molecule has 0 atom stereocenters. The molecule has 22 heavy (non-hydrogen) atoms. The molecule has 0 fully saturated rings. The molecule has 0 saturated carbocycles. The lowest BCUT2D eigenvalue weighted by molar-refractivity contribution is 0.844. The highest BCUT2D eigenvalue weighted by atomic mass is 15.1. The highest BCUT2D eigenvalue weighted by Crippen LogP contribution is 2.08. The molecule has 0 bridgehead atoms. The van der Waals surface area contributed by atoms with E-state index < -0.39 is 0 Å². The predicted octanol–water partition coefficient (Wildman–Crippen LogP) is 1.79. The first-order valence-electron chi connectivity index (χ1n) is 7.36. The summed E-state index contributed by atoms with van der Waals surface area (Å²) >= 11 is 0. The summed E-state index contributed by atoms with van der Waals surface area (Å²) in [5, 5.41) is 3.13. The van der Waals surface area contributed by atoms with Crippen molar-refractivity contribution >= 4 is 11.8 Å². The molecule has 2 aromatic rings. The number of nitrogens with two attached hydrogens (primary N) is 1. The van der Waals surface area contributed by atoms with Gasteiger partial charge in [0, 0.05) is 20.6 Å². The Kier molecular flexibility index (Phi) is 5.77. The molecule has 0 unspecified atom stereocenters. The van der Waals surface area contributed by atoms with Crippen LogP contribution in [0.4, 0.5) is 5.82 Å². The Bertz CT molecular complexity index is 607. The SMILES string of the molecule is CN(C)c1cccc(CN=C(N)NCCc2ccccc2)n1. The fourth-order valence-corrected chi connectivity index (χ4v) is 2.01. The van der Waals surface area contributed by atoms with Crippen molar-refractivity contribution in [2.24, 2.45) is 10.7 Å². The Hall–Kier alpha value is -2.56. The monoisotopic (exact) mass is 297 g/mol. The molecule has 3 N–H and O–H groups in total. The second kappa shape index (κ2) is 8.02. The molecule has 0 aliphatic heterocycles. The number of nitrogens with zero attached hydrogens (tertiary/aromatic N) is 3. The van der Waals surface area contributed by atoms with Gasteiger partial charge in [0.05, 0.1) is 12.2 Å². The van der Waals surface area contributed by atoms with Crippen LogP contribution in [-0.4, -0.2) is 31.6 Å². The van der Waals surface area contributed by atoms with Crippen molar-refractivity contribution in [3.05, 3.63) is 59.8 Å². The zero-order chi connectivity index (χ0) is 15.8. The second-order valence-corrected chi connectivity index (χ2v) is 5.25. The molecule has 0 aliphatic rings. The summed E-state index contributed by atoms with van der Waals surface area (Å²) in [5.74, 6) is 1.37. The van der Waals surface area contributed by atoms with Gasteiger partial charge in [-0.3, -0.25) is 0 Å². The van der Waals surface area contributed by atoms with Crippen molar-refractivity contribution in [1.29, 1.82) is 0 Å². The van der Waals surface area contributed by atoms with E-state index in [9.17, 15) is 0 Å². The van der Waals surface area contributed by atoms with Crippen LogP contribution in [-0.2, 0) is 13.0 Å².